The van der Waals surface area contributed by atoms with Gasteiger partial charge in [-0.25, -0.2) is 9.67 Å². The molecule has 0 bridgehead atoms. The standard InChI is InChI=1S/C16H18N6O/c1-13(10-21-8-2-7-19-21)16(23)18-9-14-3-5-15(6-4-14)22-12-17-11-20-22/h2-8,11-13H,9-10H2,1H3,(H,18,23). The molecule has 3 aromatic rings. The number of benzene rings is 1. The van der Waals surface area contributed by atoms with Crippen molar-refractivity contribution in [1.29, 1.82) is 0 Å². The van der Waals surface area contributed by atoms with Crippen LogP contribution in [0.5, 0.6) is 0 Å². The third-order valence-electron chi connectivity index (χ3n) is 3.55. The van der Waals surface area contributed by atoms with E-state index in [1.807, 2.05) is 43.5 Å². The summed E-state index contributed by atoms with van der Waals surface area (Å²) in [6.45, 7) is 2.97. The molecule has 118 valence electrons. The Balaban J connectivity index is 1.52. The molecule has 0 spiro atoms. The highest BCUT2D eigenvalue weighted by atomic mass is 16.1. The average molecular weight is 310 g/mol. The number of hydrogen-bond donors (Lipinski definition) is 1. The van der Waals surface area contributed by atoms with Crippen LogP contribution < -0.4 is 5.32 Å². The molecule has 0 aliphatic rings. The summed E-state index contributed by atoms with van der Waals surface area (Å²) in [5, 5.41) is 11.1. The van der Waals surface area contributed by atoms with Crippen molar-refractivity contribution in [2.45, 2.75) is 20.0 Å². The zero-order chi connectivity index (χ0) is 16.1. The zero-order valence-corrected chi connectivity index (χ0v) is 12.8. The van der Waals surface area contributed by atoms with Crippen LogP contribution in [-0.2, 0) is 17.9 Å². The average Bonchev–Trinajstić information content (AvgIpc) is 3.26. The van der Waals surface area contributed by atoms with Crippen LogP contribution in [0.1, 0.15) is 12.5 Å². The molecule has 2 aromatic heterocycles. The van der Waals surface area contributed by atoms with Crippen molar-refractivity contribution >= 4 is 5.91 Å². The van der Waals surface area contributed by atoms with E-state index in [9.17, 15) is 4.79 Å². The molecule has 0 radical (unpaired) electrons. The number of aromatic nitrogens is 5. The van der Waals surface area contributed by atoms with Crippen LogP contribution in [0.2, 0.25) is 0 Å². The van der Waals surface area contributed by atoms with Crippen molar-refractivity contribution in [3.63, 3.8) is 0 Å². The first-order valence-corrected chi connectivity index (χ1v) is 7.41. The lowest BCUT2D eigenvalue weighted by Crippen LogP contribution is -2.31. The maximum Gasteiger partial charge on any atom is 0.224 e. The van der Waals surface area contributed by atoms with Gasteiger partial charge in [0.2, 0.25) is 5.91 Å². The van der Waals surface area contributed by atoms with Crippen molar-refractivity contribution in [2.24, 2.45) is 5.92 Å². The summed E-state index contributed by atoms with van der Waals surface area (Å²) in [5.74, 6) is -0.120. The maximum atomic E-state index is 12.1. The van der Waals surface area contributed by atoms with Gasteiger partial charge in [-0.2, -0.15) is 10.2 Å². The predicted octanol–water partition coefficient (Wildman–Crippen LogP) is 1.42. The van der Waals surface area contributed by atoms with E-state index in [0.29, 0.717) is 13.1 Å². The van der Waals surface area contributed by atoms with Gasteiger partial charge in [0, 0.05) is 18.9 Å². The Hall–Kier alpha value is -2.96. The fourth-order valence-electron chi connectivity index (χ4n) is 2.24. The number of rotatable bonds is 6. The van der Waals surface area contributed by atoms with Gasteiger partial charge < -0.3 is 5.32 Å². The minimum absolute atomic E-state index is 0.0147. The Morgan fingerprint density at radius 1 is 1.26 bits per heavy atom. The van der Waals surface area contributed by atoms with Gasteiger partial charge in [-0.15, -0.1) is 0 Å². The van der Waals surface area contributed by atoms with Gasteiger partial charge in [-0.05, 0) is 23.8 Å². The van der Waals surface area contributed by atoms with Crippen molar-refractivity contribution in [1.82, 2.24) is 29.9 Å². The Bertz CT molecular complexity index is 733. The lowest BCUT2D eigenvalue weighted by Gasteiger charge is -2.12. The molecule has 1 unspecified atom stereocenters. The van der Waals surface area contributed by atoms with Crippen LogP contribution in [0.4, 0.5) is 0 Å². The Kier molecular flexibility index (Phi) is 4.46. The SMILES string of the molecule is CC(Cn1cccn1)C(=O)NCc1ccc(-n2cncn2)cc1. The Morgan fingerprint density at radius 3 is 2.74 bits per heavy atom. The second-order valence-corrected chi connectivity index (χ2v) is 5.35. The van der Waals surface area contributed by atoms with Crippen LogP contribution in [0.15, 0.2) is 55.4 Å². The van der Waals surface area contributed by atoms with Gasteiger partial charge in [0.25, 0.3) is 0 Å². The van der Waals surface area contributed by atoms with Gasteiger partial charge in [-0.3, -0.25) is 9.48 Å². The summed E-state index contributed by atoms with van der Waals surface area (Å²) in [7, 11) is 0. The molecule has 7 heteroatoms. The third-order valence-corrected chi connectivity index (χ3v) is 3.55. The van der Waals surface area contributed by atoms with E-state index < -0.39 is 0 Å². The fourth-order valence-corrected chi connectivity index (χ4v) is 2.24. The smallest absolute Gasteiger partial charge is 0.224 e. The second-order valence-electron chi connectivity index (χ2n) is 5.35. The molecule has 1 aromatic carbocycles. The third kappa shape index (κ3) is 3.82. The van der Waals surface area contributed by atoms with E-state index in [1.54, 1.807) is 21.9 Å². The van der Waals surface area contributed by atoms with E-state index >= 15 is 0 Å². The van der Waals surface area contributed by atoms with E-state index in [2.05, 4.69) is 20.5 Å². The molecule has 1 amide bonds. The van der Waals surface area contributed by atoms with Gasteiger partial charge in [0.1, 0.15) is 12.7 Å². The first-order valence-electron chi connectivity index (χ1n) is 7.41. The molecule has 1 N–H and O–H groups in total. The van der Waals surface area contributed by atoms with Gasteiger partial charge in [0.15, 0.2) is 0 Å². The van der Waals surface area contributed by atoms with Crippen LogP contribution in [0.3, 0.4) is 0 Å². The molecule has 2 heterocycles. The highest BCUT2D eigenvalue weighted by molar-refractivity contribution is 5.78. The maximum absolute atomic E-state index is 12.1. The normalized spacial score (nSPS) is 12.0. The summed E-state index contributed by atoms with van der Waals surface area (Å²) in [6, 6.07) is 9.68. The Morgan fingerprint density at radius 2 is 2.09 bits per heavy atom. The van der Waals surface area contributed by atoms with Crippen molar-refractivity contribution < 1.29 is 4.79 Å². The molecule has 0 aliphatic heterocycles. The number of nitrogens with one attached hydrogen (secondary N) is 1. The van der Waals surface area contributed by atoms with E-state index in [0.717, 1.165) is 11.3 Å². The number of carbonyl (C=O) groups is 1. The van der Waals surface area contributed by atoms with Crippen molar-refractivity contribution in [3.05, 3.63) is 60.9 Å². The molecule has 0 saturated heterocycles. The molecule has 23 heavy (non-hydrogen) atoms. The van der Waals surface area contributed by atoms with Crippen molar-refractivity contribution in [2.75, 3.05) is 0 Å². The predicted molar refractivity (Wildman–Crippen MR) is 84.6 cm³/mol. The number of hydrogen-bond acceptors (Lipinski definition) is 4. The van der Waals surface area contributed by atoms with E-state index in [-0.39, 0.29) is 11.8 Å². The van der Waals surface area contributed by atoms with E-state index in [4.69, 9.17) is 0 Å². The molecular weight excluding hydrogens is 292 g/mol. The number of amides is 1. The molecule has 0 fully saturated rings. The van der Waals surface area contributed by atoms with Gasteiger partial charge in [-0.1, -0.05) is 19.1 Å². The molecule has 0 aliphatic carbocycles. The minimum atomic E-state index is -0.135. The summed E-state index contributed by atoms with van der Waals surface area (Å²) in [6.07, 6.45) is 6.71. The Labute approximate surface area is 134 Å². The first kappa shape index (κ1) is 15.0. The molecule has 7 nitrogen and oxygen atoms in total. The van der Waals surface area contributed by atoms with Gasteiger partial charge >= 0.3 is 0 Å². The van der Waals surface area contributed by atoms with Gasteiger partial charge in [0.05, 0.1) is 18.2 Å². The highest BCUT2D eigenvalue weighted by Gasteiger charge is 2.13. The lowest BCUT2D eigenvalue weighted by atomic mass is 10.1. The summed E-state index contributed by atoms with van der Waals surface area (Å²) >= 11 is 0. The van der Waals surface area contributed by atoms with E-state index in [1.165, 1.54) is 6.33 Å². The highest BCUT2D eigenvalue weighted by Crippen LogP contribution is 2.08. The second kappa shape index (κ2) is 6.87. The number of carbonyl (C=O) groups excluding carboxylic acids is 1. The monoisotopic (exact) mass is 310 g/mol. The largest absolute Gasteiger partial charge is 0.352 e. The fraction of sp³-hybridized carbons (Fsp3) is 0.250. The molecule has 1 atom stereocenters. The quantitative estimate of drug-likeness (QED) is 0.747. The molecule has 3 rings (SSSR count). The molecule has 0 saturated carbocycles. The summed E-state index contributed by atoms with van der Waals surface area (Å²) in [5.41, 5.74) is 1.97. The van der Waals surface area contributed by atoms with Crippen LogP contribution >= 0.6 is 0 Å². The minimum Gasteiger partial charge on any atom is -0.352 e. The summed E-state index contributed by atoms with van der Waals surface area (Å²) < 4.78 is 3.45. The molecular formula is C16H18N6O. The summed E-state index contributed by atoms with van der Waals surface area (Å²) in [4.78, 5) is 16.0. The zero-order valence-electron chi connectivity index (χ0n) is 12.8. The number of nitrogens with zero attached hydrogens (tertiary/aromatic N) is 5. The topological polar surface area (TPSA) is 77.6 Å². The lowest BCUT2D eigenvalue weighted by molar-refractivity contribution is -0.125. The van der Waals surface area contributed by atoms with Crippen LogP contribution in [0, 0.1) is 5.92 Å². The van der Waals surface area contributed by atoms with Crippen molar-refractivity contribution in [3.8, 4) is 5.69 Å². The van der Waals surface area contributed by atoms with Crippen LogP contribution in [-0.4, -0.2) is 30.5 Å². The first-order chi connectivity index (χ1) is 11.2. The van der Waals surface area contributed by atoms with Crippen LogP contribution in [0.25, 0.3) is 5.69 Å².